The van der Waals surface area contributed by atoms with E-state index < -0.39 is 0 Å². The molecule has 1 nitrogen and oxygen atoms in total. The van der Waals surface area contributed by atoms with E-state index >= 15 is 0 Å². The van der Waals surface area contributed by atoms with Crippen molar-refractivity contribution in [1.29, 1.82) is 0 Å². The Morgan fingerprint density at radius 3 is 2.31 bits per heavy atom. The third kappa shape index (κ3) is 6.24. The van der Waals surface area contributed by atoms with Crippen LogP contribution in [0.1, 0.15) is 65.7 Å². The largest absolute Gasteiger partial charge is 0.377 e. The van der Waals surface area contributed by atoms with Gasteiger partial charge in [-0.1, -0.05) is 62.4 Å². The predicted molar refractivity (Wildman–Crippen MR) is 74.2 cm³/mol. The lowest BCUT2D eigenvalue weighted by atomic mass is 9.93. The molecule has 1 saturated carbocycles. The third-order valence-electron chi connectivity index (χ3n) is 3.31. The molecule has 0 radical (unpaired) electrons. The molecule has 0 N–H and O–H groups in total. The minimum absolute atomic E-state index is 0.392. The summed E-state index contributed by atoms with van der Waals surface area (Å²) in [4.78, 5) is 0.577. The maximum absolute atomic E-state index is 6.06. The van der Waals surface area contributed by atoms with E-state index in [0.717, 1.165) is 13.0 Å². The Morgan fingerprint density at radius 1 is 1.06 bits per heavy atom. The van der Waals surface area contributed by atoms with Crippen LogP contribution < -0.4 is 0 Å². The summed E-state index contributed by atoms with van der Waals surface area (Å²) in [5.74, 6) is 0. The maximum atomic E-state index is 6.06. The summed E-state index contributed by atoms with van der Waals surface area (Å²) in [7, 11) is 0. The van der Waals surface area contributed by atoms with Crippen LogP contribution in [0.25, 0.3) is 0 Å². The average Bonchev–Trinajstić information content (AvgIpc) is 2.15. The molecule has 0 aromatic carbocycles. The fourth-order valence-corrected chi connectivity index (χ4v) is 2.85. The summed E-state index contributed by atoms with van der Waals surface area (Å²) in [6.07, 6.45) is 9.60. The molecule has 0 saturated heterocycles. The van der Waals surface area contributed by atoms with Gasteiger partial charge in [0.2, 0.25) is 0 Å². The van der Waals surface area contributed by atoms with Gasteiger partial charge in [-0.25, -0.2) is 0 Å². The van der Waals surface area contributed by atoms with Gasteiger partial charge in [0.1, 0.15) is 0 Å². The van der Waals surface area contributed by atoms with Gasteiger partial charge >= 0.3 is 0 Å². The molecule has 16 heavy (non-hydrogen) atoms. The third-order valence-corrected chi connectivity index (χ3v) is 4.35. The van der Waals surface area contributed by atoms with E-state index in [1.54, 1.807) is 0 Å². The average molecular weight is 291 g/mol. The molecule has 2 atom stereocenters. The number of alkyl halides is 1. The standard InChI is InChI=1S/C14H27BrO/c1-14(2,3)10-11-16-13-9-7-5-4-6-8-12(13)15/h12-13H,4-11H2,1-3H3. The molecule has 0 aliphatic heterocycles. The first kappa shape index (κ1) is 14.5. The molecule has 1 aliphatic carbocycles. The van der Waals surface area contributed by atoms with Gasteiger partial charge in [-0.2, -0.15) is 0 Å². The summed E-state index contributed by atoms with van der Waals surface area (Å²) in [5, 5.41) is 0. The zero-order valence-corrected chi connectivity index (χ0v) is 12.7. The van der Waals surface area contributed by atoms with E-state index in [4.69, 9.17) is 4.74 Å². The van der Waals surface area contributed by atoms with Crippen molar-refractivity contribution >= 4 is 15.9 Å². The number of halogens is 1. The smallest absolute Gasteiger partial charge is 0.0700 e. The Morgan fingerprint density at radius 2 is 1.69 bits per heavy atom. The van der Waals surface area contributed by atoms with Gasteiger partial charge in [0, 0.05) is 11.4 Å². The van der Waals surface area contributed by atoms with Crippen molar-refractivity contribution in [3.05, 3.63) is 0 Å². The topological polar surface area (TPSA) is 9.23 Å². The molecule has 0 amide bonds. The zero-order chi connectivity index (χ0) is 12.0. The molecule has 1 fully saturated rings. The van der Waals surface area contributed by atoms with Crippen molar-refractivity contribution in [3.63, 3.8) is 0 Å². The zero-order valence-electron chi connectivity index (χ0n) is 11.1. The molecule has 0 aromatic heterocycles. The monoisotopic (exact) mass is 290 g/mol. The van der Waals surface area contributed by atoms with E-state index in [2.05, 4.69) is 36.7 Å². The molecule has 2 unspecified atom stereocenters. The Bertz CT molecular complexity index is 186. The van der Waals surface area contributed by atoms with Crippen molar-refractivity contribution in [1.82, 2.24) is 0 Å². The minimum atomic E-state index is 0.392. The molecule has 0 bridgehead atoms. The van der Waals surface area contributed by atoms with Gasteiger partial charge in [0.25, 0.3) is 0 Å². The summed E-state index contributed by atoms with van der Waals surface area (Å²) >= 11 is 3.80. The predicted octanol–water partition coefficient (Wildman–Crippen LogP) is 4.93. The van der Waals surface area contributed by atoms with Crippen LogP contribution >= 0.6 is 15.9 Å². The Balaban J connectivity index is 2.26. The van der Waals surface area contributed by atoms with Crippen molar-refractivity contribution in [2.75, 3.05) is 6.61 Å². The van der Waals surface area contributed by atoms with Gasteiger partial charge in [0.15, 0.2) is 0 Å². The van der Waals surface area contributed by atoms with E-state index in [1.807, 2.05) is 0 Å². The molecular formula is C14H27BrO. The lowest BCUT2D eigenvalue weighted by molar-refractivity contribution is 0.0272. The first-order valence-corrected chi connectivity index (χ1v) is 7.66. The molecule has 0 spiro atoms. The maximum Gasteiger partial charge on any atom is 0.0700 e. The molecular weight excluding hydrogens is 264 g/mol. The van der Waals surface area contributed by atoms with Gasteiger partial charge < -0.3 is 4.74 Å². The fourth-order valence-electron chi connectivity index (χ4n) is 2.11. The van der Waals surface area contributed by atoms with Crippen LogP contribution in [0, 0.1) is 5.41 Å². The highest BCUT2D eigenvalue weighted by molar-refractivity contribution is 9.09. The molecule has 0 aromatic rings. The van der Waals surface area contributed by atoms with Gasteiger partial charge in [0.05, 0.1) is 6.10 Å². The Kier molecular flexibility index (Phi) is 6.35. The van der Waals surface area contributed by atoms with E-state index in [9.17, 15) is 0 Å². The molecule has 1 rings (SSSR count). The highest BCUT2D eigenvalue weighted by Crippen LogP contribution is 2.26. The highest BCUT2D eigenvalue weighted by atomic mass is 79.9. The lowest BCUT2D eigenvalue weighted by Gasteiger charge is -2.27. The van der Waals surface area contributed by atoms with Gasteiger partial charge in [-0.15, -0.1) is 0 Å². The quantitative estimate of drug-likeness (QED) is 0.670. The van der Waals surface area contributed by atoms with E-state index in [1.165, 1.54) is 38.5 Å². The summed E-state index contributed by atoms with van der Waals surface area (Å²) < 4.78 is 6.06. The van der Waals surface area contributed by atoms with E-state index in [0.29, 0.717) is 16.3 Å². The highest BCUT2D eigenvalue weighted by Gasteiger charge is 2.21. The normalized spacial score (nSPS) is 28.5. The number of ether oxygens (including phenoxy) is 1. The van der Waals surface area contributed by atoms with Crippen molar-refractivity contribution in [2.45, 2.75) is 76.6 Å². The van der Waals surface area contributed by atoms with E-state index in [-0.39, 0.29) is 0 Å². The Labute approximate surface area is 109 Å². The number of rotatable bonds is 3. The molecule has 0 heterocycles. The molecule has 1 aliphatic rings. The van der Waals surface area contributed by atoms with Crippen molar-refractivity contribution in [3.8, 4) is 0 Å². The first-order valence-electron chi connectivity index (χ1n) is 6.75. The summed E-state index contributed by atoms with van der Waals surface area (Å²) in [6, 6.07) is 0. The van der Waals surface area contributed by atoms with Crippen LogP contribution in [0.4, 0.5) is 0 Å². The summed E-state index contributed by atoms with van der Waals surface area (Å²) in [5.41, 5.74) is 0.392. The SMILES string of the molecule is CC(C)(C)CCOC1CCCCCCC1Br. The Hall–Kier alpha value is 0.440. The summed E-state index contributed by atoms with van der Waals surface area (Å²) in [6.45, 7) is 7.75. The fraction of sp³-hybridized carbons (Fsp3) is 1.00. The van der Waals surface area contributed by atoms with Crippen LogP contribution in [-0.4, -0.2) is 17.5 Å². The van der Waals surface area contributed by atoms with Crippen LogP contribution in [0.3, 0.4) is 0 Å². The van der Waals surface area contributed by atoms with Gasteiger partial charge in [-0.05, 0) is 24.7 Å². The lowest BCUT2D eigenvalue weighted by Crippen LogP contribution is -2.27. The van der Waals surface area contributed by atoms with Crippen molar-refractivity contribution in [2.24, 2.45) is 5.41 Å². The van der Waals surface area contributed by atoms with Crippen LogP contribution in [-0.2, 0) is 4.74 Å². The number of hydrogen-bond donors (Lipinski definition) is 0. The van der Waals surface area contributed by atoms with Crippen LogP contribution in [0.15, 0.2) is 0 Å². The van der Waals surface area contributed by atoms with Crippen LogP contribution in [0.2, 0.25) is 0 Å². The first-order chi connectivity index (χ1) is 7.49. The minimum Gasteiger partial charge on any atom is -0.377 e. The second kappa shape index (κ2) is 7.00. The van der Waals surface area contributed by atoms with Crippen LogP contribution in [0.5, 0.6) is 0 Å². The molecule has 96 valence electrons. The molecule has 2 heteroatoms. The van der Waals surface area contributed by atoms with Crippen molar-refractivity contribution < 1.29 is 4.74 Å². The van der Waals surface area contributed by atoms with Gasteiger partial charge in [-0.3, -0.25) is 0 Å². The second-order valence-electron chi connectivity index (χ2n) is 6.23. The number of hydrogen-bond acceptors (Lipinski definition) is 1. The second-order valence-corrected chi connectivity index (χ2v) is 7.40.